The van der Waals surface area contributed by atoms with Crippen LogP contribution in [0.1, 0.15) is 141 Å². The third-order valence-corrected chi connectivity index (χ3v) is 5.54. The van der Waals surface area contributed by atoms with Crippen molar-refractivity contribution in [2.45, 2.75) is 141 Å². The number of rotatable bonds is 23. The van der Waals surface area contributed by atoms with Gasteiger partial charge in [-0.2, -0.15) is 0 Å². The predicted octanol–water partition coefficient (Wildman–Crippen LogP) is 9.72. The van der Waals surface area contributed by atoms with Crippen LogP contribution in [0.25, 0.3) is 0 Å². The Labute approximate surface area is 165 Å². The first-order valence-corrected chi connectivity index (χ1v) is 12.1. The fourth-order valence-corrected chi connectivity index (χ4v) is 3.74. The van der Waals surface area contributed by atoms with Gasteiger partial charge in [0.05, 0.1) is 6.67 Å². The topological polar surface area (TPSA) is 0 Å². The molecule has 0 aliphatic rings. The molecule has 0 radical (unpaired) electrons. The molecular formula is C25H49F. The minimum absolute atomic E-state index is 0.128. The fraction of sp³-hybridized carbons (Fsp3) is 0.920. The smallest absolute Gasteiger partial charge is 0.0894 e. The third kappa shape index (κ3) is 23.7. The monoisotopic (exact) mass is 368 g/mol. The Balaban J connectivity index is 2.96. The lowest BCUT2D eigenvalue weighted by Crippen LogP contribution is -1.84. The maximum Gasteiger partial charge on any atom is 0.0894 e. The molecule has 1 heteroatoms. The average molecular weight is 369 g/mol. The number of halogens is 1. The van der Waals surface area contributed by atoms with Gasteiger partial charge in [-0.3, -0.25) is 4.39 Å². The van der Waals surface area contributed by atoms with Crippen molar-refractivity contribution in [1.29, 1.82) is 0 Å². The van der Waals surface area contributed by atoms with Crippen LogP contribution in [0.2, 0.25) is 0 Å². The molecule has 26 heavy (non-hydrogen) atoms. The molecule has 0 amide bonds. The maximum absolute atomic E-state index is 11.9. The van der Waals surface area contributed by atoms with Crippen molar-refractivity contribution in [3.8, 4) is 0 Å². The zero-order valence-corrected chi connectivity index (χ0v) is 17.9. The Morgan fingerprint density at radius 3 is 0.846 bits per heavy atom. The van der Waals surface area contributed by atoms with E-state index >= 15 is 0 Å². The van der Waals surface area contributed by atoms with Gasteiger partial charge in [-0.15, -0.1) is 6.58 Å². The zero-order valence-electron chi connectivity index (χ0n) is 17.9. The third-order valence-electron chi connectivity index (χ3n) is 5.54. The van der Waals surface area contributed by atoms with Gasteiger partial charge < -0.3 is 0 Å². The van der Waals surface area contributed by atoms with Crippen LogP contribution in [0.4, 0.5) is 4.39 Å². The second-order valence-corrected chi connectivity index (χ2v) is 8.19. The molecule has 0 fully saturated rings. The highest BCUT2D eigenvalue weighted by molar-refractivity contribution is 4.65. The van der Waals surface area contributed by atoms with Gasteiger partial charge in [0.25, 0.3) is 0 Å². The lowest BCUT2D eigenvalue weighted by molar-refractivity contribution is 0.448. The Hall–Kier alpha value is -0.330. The highest BCUT2D eigenvalue weighted by atomic mass is 19.1. The Bertz CT molecular complexity index is 249. The van der Waals surface area contributed by atoms with E-state index in [2.05, 4.69) is 6.58 Å². The summed E-state index contributed by atoms with van der Waals surface area (Å²) >= 11 is 0. The van der Waals surface area contributed by atoms with Crippen LogP contribution in [-0.2, 0) is 0 Å². The molecule has 0 heterocycles. The van der Waals surface area contributed by atoms with E-state index in [-0.39, 0.29) is 6.67 Å². The van der Waals surface area contributed by atoms with Gasteiger partial charge in [0, 0.05) is 0 Å². The Morgan fingerprint density at radius 1 is 0.385 bits per heavy atom. The van der Waals surface area contributed by atoms with Crippen LogP contribution in [-0.4, -0.2) is 6.67 Å². The van der Waals surface area contributed by atoms with E-state index in [0.29, 0.717) is 0 Å². The van der Waals surface area contributed by atoms with Crippen molar-refractivity contribution in [2.24, 2.45) is 0 Å². The van der Waals surface area contributed by atoms with Gasteiger partial charge in [-0.25, -0.2) is 0 Å². The summed E-state index contributed by atoms with van der Waals surface area (Å²) in [4.78, 5) is 0. The minimum Gasteiger partial charge on any atom is -0.251 e. The summed E-state index contributed by atoms with van der Waals surface area (Å²) in [5, 5.41) is 0. The van der Waals surface area contributed by atoms with E-state index in [4.69, 9.17) is 0 Å². The first-order chi connectivity index (χ1) is 12.9. The zero-order chi connectivity index (χ0) is 19.0. The largest absolute Gasteiger partial charge is 0.251 e. The van der Waals surface area contributed by atoms with Crippen molar-refractivity contribution < 1.29 is 4.39 Å². The molecule has 0 aromatic heterocycles. The molecule has 156 valence electrons. The number of allylic oxidation sites excluding steroid dienone is 1. The van der Waals surface area contributed by atoms with E-state index in [0.717, 1.165) is 12.8 Å². The van der Waals surface area contributed by atoms with Crippen molar-refractivity contribution in [3.05, 3.63) is 12.7 Å². The normalized spacial score (nSPS) is 11.1. The molecule has 0 bridgehead atoms. The molecule has 0 atom stereocenters. The molecule has 0 aromatic carbocycles. The first kappa shape index (κ1) is 25.7. The van der Waals surface area contributed by atoms with Crippen molar-refractivity contribution in [3.63, 3.8) is 0 Å². The van der Waals surface area contributed by atoms with Crippen molar-refractivity contribution in [1.82, 2.24) is 0 Å². The van der Waals surface area contributed by atoms with Crippen LogP contribution in [0.5, 0.6) is 0 Å². The van der Waals surface area contributed by atoms with E-state index in [1.165, 1.54) is 128 Å². The second kappa shape index (κ2) is 24.7. The molecule has 0 N–H and O–H groups in total. The molecule has 0 nitrogen and oxygen atoms in total. The summed E-state index contributed by atoms with van der Waals surface area (Å²) in [6.45, 7) is 3.65. The highest BCUT2D eigenvalue weighted by Crippen LogP contribution is 2.15. The second-order valence-electron chi connectivity index (χ2n) is 8.19. The number of unbranched alkanes of at least 4 members (excludes halogenated alkanes) is 21. The Morgan fingerprint density at radius 2 is 0.615 bits per heavy atom. The first-order valence-electron chi connectivity index (χ1n) is 12.1. The number of hydrogen-bond acceptors (Lipinski definition) is 0. The molecule has 0 unspecified atom stereocenters. The lowest BCUT2D eigenvalue weighted by atomic mass is 10.0. The minimum atomic E-state index is -0.128. The highest BCUT2D eigenvalue weighted by Gasteiger charge is 1.95. The molecule has 0 aromatic rings. The number of hydrogen-bond donors (Lipinski definition) is 0. The summed E-state index contributed by atoms with van der Waals surface area (Å²) in [6.07, 6.45) is 31.9. The summed E-state index contributed by atoms with van der Waals surface area (Å²) in [6, 6.07) is 0. The summed E-state index contributed by atoms with van der Waals surface area (Å²) in [5.41, 5.74) is 0. The standard InChI is InChI=1S/C25H49F/c1-2-3-4-5-6-7-8-9-10-11-12-13-14-15-16-17-18-19-20-21-22-23-24-25-26/h2H,1,3-25H2. The molecule has 0 saturated carbocycles. The molecule has 0 saturated heterocycles. The van der Waals surface area contributed by atoms with Crippen LogP contribution in [0.15, 0.2) is 12.7 Å². The van der Waals surface area contributed by atoms with E-state index < -0.39 is 0 Å². The van der Waals surface area contributed by atoms with Crippen LogP contribution in [0, 0.1) is 0 Å². The molecule has 0 aliphatic heterocycles. The van der Waals surface area contributed by atoms with Gasteiger partial charge in [-0.1, -0.05) is 128 Å². The van der Waals surface area contributed by atoms with Crippen molar-refractivity contribution in [2.75, 3.05) is 6.67 Å². The van der Waals surface area contributed by atoms with Gasteiger partial charge >= 0.3 is 0 Å². The predicted molar refractivity (Wildman–Crippen MR) is 118 cm³/mol. The fourth-order valence-electron chi connectivity index (χ4n) is 3.74. The summed E-state index contributed by atoms with van der Waals surface area (Å²) in [5.74, 6) is 0. The van der Waals surface area contributed by atoms with Gasteiger partial charge in [0.2, 0.25) is 0 Å². The SMILES string of the molecule is C=CCCCCCCCCCCCCCCCCCCCCCCCF. The lowest BCUT2D eigenvalue weighted by Gasteiger charge is -2.04. The maximum atomic E-state index is 11.9. The summed E-state index contributed by atoms with van der Waals surface area (Å²) < 4.78 is 11.9. The Kier molecular flexibility index (Phi) is 24.4. The van der Waals surface area contributed by atoms with Crippen molar-refractivity contribution >= 4 is 0 Å². The van der Waals surface area contributed by atoms with Crippen LogP contribution < -0.4 is 0 Å². The van der Waals surface area contributed by atoms with E-state index in [1.807, 2.05) is 6.08 Å². The van der Waals surface area contributed by atoms with Gasteiger partial charge in [0.15, 0.2) is 0 Å². The number of alkyl halides is 1. The van der Waals surface area contributed by atoms with Gasteiger partial charge in [0.1, 0.15) is 0 Å². The average Bonchev–Trinajstić information content (AvgIpc) is 2.66. The van der Waals surface area contributed by atoms with Crippen LogP contribution in [0.3, 0.4) is 0 Å². The van der Waals surface area contributed by atoms with E-state index in [9.17, 15) is 4.39 Å². The van der Waals surface area contributed by atoms with E-state index in [1.54, 1.807) is 0 Å². The summed E-state index contributed by atoms with van der Waals surface area (Å²) in [7, 11) is 0. The van der Waals surface area contributed by atoms with Gasteiger partial charge in [-0.05, 0) is 19.3 Å². The quantitative estimate of drug-likeness (QED) is 0.124. The molecule has 0 aliphatic carbocycles. The molecular weight excluding hydrogens is 319 g/mol. The van der Waals surface area contributed by atoms with Crippen LogP contribution >= 0.6 is 0 Å². The molecule has 0 rings (SSSR count). The molecule has 0 spiro atoms.